The molecule has 1 nitrogen and oxygen atoms in total. The van der Waals surface area contributed by atoms with Gasteiger partial charge < -0.3 is 4.42 Å². The van der Waals surface area contributed by atoms with Gasteiger partial charge in [0.2, 0.25) is 0 Å². The Morgan fingerprint density at radius 2 is 1.42 bits per heavy atom. The first kappa shape index (κ1) is 12.4. The standard InChI is InChI=1S/C22H13BO/c23-16-11-18-21(13-7-1-2-10-17(13)24-18)22-15-9-4-6-12-5-3-8-14(19(12)15)20(16)22/h1-11H,23H2. The van der Waals surface area contributed by atoms with Crippen LogP contribution < -0.4 is 5.46 Å². The summed E-state index contributed by atoms with van der Waals surface area (Å²) in [6.07, 6.45) is 0. The van der Waals surface area contributed by atoms with Gasteiger partial charge in [-0.3, -0.25) is 0 Å². The monoisotopic (exact) mass is 304 g/mol. The topological polar surface area (TPSA) is 13.1 Å². The summed E-state index contributed by atoms with van der Waals surface area (Å²) >= 11 is 0. The van der Waals surface area contributed by atoms with E-state index in [0.29, 0.717) is 0 Å². The van der Waals surface area contributed by atoms with Gasteiger partial charge >= 0.3 is 0 Å². The average Bonchev–Trinajstić information content (AvgIpc) is 3.13. The molecule has 0 unspecified atom stereocenters. The fourth-order valence-corrected chi connectivity index (χ4v) is 4.39. The van der Waals surface area contributed by atoms with Crippen molar-refractivity contribution in [3.05, 3.63) is 66.7 Å². The smallest absolute Gasteiger partial charge is 0.140 e. The molecule has 0 saturated carbocycles. The van der Waals surface area contributed by atoms with Gasteiger partial charge in [0.15, 0.2) is 0 Å². The number of para-hydroxylation sites is 1. The zero-order valence-corrected chi connectivity index (χ0v) is 13.3. The Kier molecular flexibility index (Phi) is 2.12. The van der Waals surface area contributed by atoms with E-state index in [1.807, 2.05) is 6.07 Å². The largest absolute Gasteiger partial charge is 0.456 e. The molecule has 0 bridgehead atoms. The summed E-state index contributed by atoms with van der Waals surface area (Å²) in [5.41, 5.74) is 8.60. The lowest BCUT2D eigenvalue weighted by Crippen LogP contribution is -2.06. The molecule has 0 fully saturated rings. The van der Waals surface area contributed by atoms with E-state index < -0.39 is 0 Å². The highest BCUT2D eigenvalue weighted by molar-refractivity contribution is 6.42. The fourth-order valence-electron chi connectivity index (χ4n) is 4.39. The van der Waals surface area contributed by atoms with Gasteiger partial charge in [0, 0.05) is 16.3 Å². The van der Waals surface area contributed by atoms with E-state index in [2.05, 4.69) is 68.5 Å². The van der Waals surface area contributed by atoms with Gasteiger partial charge in [-0.05, 0) is 39.6 Å². The van der Waals surface area contributed by atoms with Crippen molar-refractivity contribution in [2.45, 2.75) is 0 Å². The maximum Gasteiger partial charge on any atom is 0.140 e. The SMILES string of the molecule is Bc1cc2oc3ccccc3c2c2c1-c1cccc3cccc-2c13. The maximum absolute atomic E-state index is 6.15. The molecule has 6 rings (SSSR count). The van der Waals surface area contributed by atoms with Gasteiger partial charge in [-0.25, -0.2) is 0 Å². The van der Waals surface area contributed by atoms with Crippen molar-refractivity contribution in [1.82, 2.24) is 0 Å². The molecule has 1 heterocycles. The fraction of sp³-hybridized carbons (Fsp3) is 0. The number of benzene rings is 4. The third-order valence-corrected chi connectivity index (χ3v) is 5.31. The summed E-state index contributed by atoms with van der Waals surface area (Å²) in [6.45, 7) is 0. The molecule has 1 aliphatic rings. The van der Waals surface area contributed by atoms with E-state index in [1.165, 1.54) is 49.3 Å². The predicted molar refractivity (Wildman–Crippen MR) is 104 cm³/mol. The summed E-state index contributed by atoms with van der Waals surface area (Å²) < 4.78 is 6.15. The van der Waals surface area contributed by atoms with Crippen LogP contribution in [0, 0.1) is 0 Å². The molecule has 4 aromatic carbocycles. The van der Waals surface area contributed by atoms with Crippen molar-refractivity contribution in [2.24, 2.45) is 0 Å². The average molecular weight is 304 g/mol. The zero-order valence-electron chi connectivity index (χ0n) is 13.3. The van der Waals surface area contributed by atoms with Crippen LogP contribution in [0.25, 0.3) is 55.0 Å². The number of furan rings is 1. The molecular weight excluding hydrogens is 291 g/mol. The van der Waals surface area contributed by atoms with Gasteiger partial charge in [0.25, 0.3) is 0 Å². The number of hydrogen-bond acceptors (Lipinski definition) is 1. The molecule has 24 heavy (non-hydrogen) atoms. The van der Waals surface area contributed by atoms with Crippen molar-refractivity contribution < 1.29 is 4.42 Å². The second-order valence-corrected chi connectivity index (χ2v) is 6.62. The molecule has 1 aliphatic carbocycles. The zero-order chi connectivity index (χ0) is 15.8. The van der Waals surface area contributed by atoms with Crippen LogP contribution >= 0.6 is 0 Å². The highest BCUT2D eigenvalue weighted by Crippen LogP contribution is 2.50. The number of fused-ring (bicyclic) bond motifs is 7. The molecule has 0 amide bonds. The lowest BCUT2D eigenvalue weighted by atomic mass is 9.84. The molecule has 0 aliphatic heterocycles. The van der Waals surface area contributed by atoms with Gasteiger partial charge in [-0.1, -0.05) is 60.1 Å². The quantitative estimate of drug-likeness (QED) is 0.372. The molecule has 0 atom stereocenters. The minimum absolute atomic E-state index is 0.962. The van der Waals surface area contributed by atoms with Crippen LogP contribution in [0.1, 0.15) is 0 Å². The van der Waals surface area contributed by atoms with E-state index in [4.69, 9.17) is 4.42 Å². The van der Waals surface area contributed by atoms with E-state index in [1.54, 1.807) is 0 Å². The molecule has 0 saturated heterocycles. The first-order chi connectivity index (χ1) is 11.8. The Balaban J connectivity index is 1.95. The molecule has 0 spiro atoms. The van der Waals surface area contributed by atoms with Crippen molar-refractivity contribution in [1.29, 1.82) is 0 Å². The Morgan fingerprint density at radius 1 is 0.667 bits per heavy atom. The van der Waals surface area contributed by atoms with Crippen molar-refractivity contribution in [3.8, 4) is 22.3 Å². The van der Waals surface area contributed by atoms with Gasteiger partial charge in [-0.2, -0.15) is 0 Å². The third kappa shape index (κ3) is 1.33. The summed E-state index contributed by atoms with van der Waals surface area (Å²) in [6, 6.07) is 23.8. The Labute approximate surface area is 139 Å². The minimum atomic E-state index is 0.962. The van der Waals surface area contributed by atoms with E-state index in [-0.39, 0.29) is 0 Å². The normalized spacial score (nSPS) is 12.3. The van der Waals surface area contributed by atoms with Gasteiger partial charge in [0.05, 0.1) is 0 Å². The molecular formula is C22H13BO. The van der Waals surface area contributed by atoms with Crippen LogP contribution in [0.2, 0.25) is 0 Å². The summed E-state index contributed by atoms with van der Waals surface area (Å²) in [5.74, 6) is 0. The first-order valence-electron chi connectivity index (χ1n) is 8.30. The second-order valence-electron chi connectivity index (χ2n) is 6.62. The summed E-state index contributed by atoms with van der Waals surface area (Å²) in [7, 11) is 2.19. The molecule has 5 aromatic rings. The van der Waals surface area contributed by atoms with Crippen LogP contribution in [-0.2, 0) is 0 Å². The summed E-state index contributed by atoms with van der Waals surface area (Å²) in [5, 5.41) is 5.13. The van der Waals surface area contributed by atoms with Crippen LogP contribution in [0.15, 0.2) is 71.1 Å². The van der Waals surface area contributed by atoms with Crippen LogP contribution in [-0.4, -0.2) is 7.85 Å². The van der Waals surface area contributed by atoms with Gasteiger partial charge in [0.1, 0.15) is 19.0 Å². The van der Waals surface area contributed by atoms with Gasteiger partial charge in [-0.15, -0.1) is 0 Å². The van der Waals surface area contributed by atoms with E-state index in [0.717, 1.165) is 11.2 Å². The Hall–Kier alpha value is -3.00. The molecule has 110 valence electrons. The first-order valence-corrected chi connectivity index (χ1v) is 8.30. The van der Waals surface area contributed by atoms with Crippen LogP contribution in [0.3, 0.4) is 0 Å². The molecule has 0 N–H and O–H groups in total. The second kappa shape index (κ2) is 4.10. The molecule has 1 aromatic heterocycles. The predicted octanol–water partition coefficient (Wildman–Crippen LogP) is 4.65. The van der Waals surface area contributed by atoms with E-state index >= 15 is 0 Å². The third-order valence-electron chi connectivity index (χ3n) is 5.31. The summed E-state index contributed by atoms with van der Waals surface area (Å²) in [4.78, 5) is 0. The van der Waals surface area contributed by atoms with E-state index in [9.17, 15) is 0 Å². The lowest BCUT2D eigenvalue weighted by Gasteiger charge is -2.08. The van der Waals surface area contributed by atoms with Crippen LogP contribution in [0.5, 0.6) is 0 Å². The maximum atomic E-state index is 6.15. The Morgan fingerprint density at radius 3 is 2.25 bits per heavy atom. The van der Waals surface area contributed by atoms with Crippen molar-refractivity contribution in [2.75, 3.05) is 0 Å². The highest BCUT2D eigenvalue weighted by atomic mass is 16.3. The highest BCUT2D eigenvalue weighted by Gasteiger charge is 2.26. The molecule has 2 heteroatoms. The Bertz CT molecular complexity index is 1310. The van der Waals surface area contributed by atoms with Crippen molar-refractivity contribution in [3.63, 3.8) is 0 Å². The minimum Gasteiger partial charge on any atom is -0.456 e. The lowest BCUT2D eigenvalue weighted by molar-refractivity contribution is 0.669. The van der Waals surface area contributed by atoms with Crippen LogP contribution in [0.4, 0.5) is 0 Å². The number of hydrogen-bond donors (Lipinski definition) is 0. The molecule has 0 radical (unpaired) electrons. The van der Waals surface area contributed by atoms with Crippen molar-refractivity contribution >= 4 is 46.0 Å². The number of rotatable bonds is 0.